The smallest absolute Gasteiger partial charge is 0.277 e. The van der Waals surface area contributed by atoms with Crippen molar-refractivity contribution in [3.05, 3.63) is 68.3 Å². The van der Waals surface area contributed by atoms with Crippen molar-refractivity contribution >= 4 is 11.6 Å². The van der Waals surface area contributed by atoms with Gasteiger partial charge in [0.1, 0.15) is 17.3 Å². The molecule has 1 aliphatic carbocycles. The summed E-state index contributed by atoms with van der Waals surface area (Å²) >= 11 is 0. The molecule has 0 unspecified atom stereocenters. The molecule has 0 N–H and O–H groups in total. The summed E-state index contributed by atoms with van der Waals surface area (Å²) in [5.41, 5.74) is 3.68. The number of carbonyl (C=O) groups is 1. The molecule has 1 aliphatic rings. The lowest BCUT2D eigenvalue weighted by Gasteiger charge is -2.22. The first-order valence-electron chi connectivity index (χ1n) is 10.7. The monoisotopic (exact) mass is 428 g/mol. The number of amides is 1. The second kappa shape index (κ2) is 8.24. The maximum atomic E-state index is 14.2. The molecule has 0 radical (unpaired) electrons. The Morgan fingerprint density at radius 2 is 2.00 bits per heavy atom. The zero-order chi connectivity index (χ0) is 22.3. The van der Waals surface area contributed by atoms with Gasteiger partial charge in [0.25, 0.3) is 11.5 Å². The lowest BCUT2D eigenvalue weighted by molar-refractivity contribution is 0.0735. The quantitative estimate of drug-likeness (QED) is 0.605. The van der Waals surface area contributed by atoms with Crippen LogP contribution in [0.1, 0.15) is 59.6 Å². The molecular formula is C23H26F2N4O2. The van der Waals surface area contributed by atoms with E-state index in [1.807, 2.05) is 25.5 Å². The molecule has 6 nitrogen and oxygen atoms in total. The van der Waals surface area contributed by atoms with Crippen LogP contribution in [0.15, 0.2) is 23.0 Å². The number of carbonyl (C=O) groups excluding carboxylic acids is 1. The number of aromatic nitrogens is 3. The second-order valence-electron chi connectivity index (χ2n) is 8.01. The molecule has 2 heterocycles. The topological polar surface area (TPSA) is 59.6 Å². The molecule has 1 aromatic carbocycles. The predicted molar refractivity (Wildman–Crippen MR) is 113 cm³/mol. The summed E-state index contributed by atoms with van der Waals surface area (Å²) in [7, 11) is 1.95. The van der Waals surface area contributed by atoms with Gasteiger partial charge >= 0.3 is 0 Å². The molecule has 0 saturated carbocycles. The van der Waals surface area contributed by atoms with E-state index in [0.717, 1.165) is 59.9 Å². The van der Waals surface area contributed by atoms with Gasteiger partial charge in [-0.15, -0.1) is 0 Å². The minimum atomic E-state index is -0.761. The van der Waals surface area contributed by atoms with E-state index < -0.39 is 17.5 Å². The van der Waals surface area contributed by atoms with E-state index in [4.69, 9.17) is 0 Å². The Balaban J connectivity index is 1.79. The number of fused-ring (bicyclic) bond motifs is 2. The van der Waals surface area contributed by atoms with Gasteiger partial charge in [-0.25, -0.2) is 8.78 Å². The fraction of sp³-hybridized carbons (Fsp3) is 0.435. The van der Waals surface area contributed by atoms with Gasteiger partial charge < -0.3 is 9.47 Å². The Labute approximate surface area is 179 Å². The highest BCUT2D eigenvalue weighted by atomic mass is 19.1. The van der Waals surface area contributed by atoms with Gasteiger partial charge in [-0.1, -0.05) is 13.8 Å². The van der Waals surface area contributed by atoms with E-state index in [1.165, 1.54) is 9.42 Å². The molecule has 2 aromatic heterocycles. The summed E-state index contributed by atoms with van der Waals surface area (Å²) < 4.78 is 31.4. The van der Waals surface area contributed by atoms with Crippen LogP contribution < -0.4 is 5.56 Å². The van der Waals surface area contributed by atoms with Crippen LogP contribution in [0.3, 0.4) is 0 Å². The molecule has 164 valence electrons. The summed E-state index contributed by atoms with van der Waals surface area (Å²) in [6.07, 6.45) is 3.84. The first-order chi connectivity index (χ1) is 14.9. The molecular weight excluding hydrogens is 402 g/mol. The number of hydrogen-bond acceptors (Lipinski definition) is 3. The summed E-state index contributed by atoms with van der Waals surface area (Å²) in [6.45, 7) is 4.37. The fourth-order valence-corrected chi connectivity index (χ4v) is 4.58. The van der Waals surface area contributed by atoms with E-state index in [1.54, 1.807) is 0 Å². The highest BCUT2D eigenvalue weighted by molar-refractivity contribution is 5.94. The van der Waals surface area contributed by atoms with Crippen LogP contribution in [-0.4, -0.2) is 31.5 Å². The molecule has 31 heavy (non-hydrogen) atoms. The van der Waals surface area contributed by atoms with E-state index in [9.17, 15) is 18.4 Å². The number of benzene rings is 1. The van der Waals surface area contributed by atoms with Crippen molar-refractivity contribution in [2.75, 3.05) is 6.54 Å². The maximum absolute atomic E-state index is 14.2. The Kier molecular flexibility index (Phi) is 5.64. The number of halogens is 2. The maximum Gasteiger partial charge on any atom is 0.277 e. The second-order valence-corrected chi connectivity index (χ2v) is 8.01. The van der Waals surface area contributed by atoms with Crippen molar-refractivity contribution in [3.63, 3.8) is 0 Å². The average molecular weight is 428 g/mol. The largest absolute Gasteiger partial charge is 0.333 e. The Morgan fingerprint density at radius 3 is 2.71 bits per heavy atom. The highest BCUT2D eigenvalue weighted by Gasteiger charge is 2.26. The number of hydrogen-bond donors (Lipinski definition) is 0. The zero-order valence-corrected chi connectivity index (χ0v) is 18.0. The Morgan fingerprint density at radius 1 is 1.23 bits per heavy atom. The van der Waals surface area contributed by atoms with E-state index in [0.29, 0.717) is 25.1 Å². The molecule has 0 saturated heterocycles. The normalized spacial score (nSPS) is 13.1. The number of aryl methyl sites for hydroxylation is 2. The molecule has 4 rings (SSSR count). The molecule has 0 spiro atoms. The highest BCUT2D eigenvalue weighted by Crippen LogP contribution is 2.24. The van der Waals surface area contributed by atoms with Crippen molar-refractivity contribution in [2.45, 2.75) is 52.5 Å². The third-order valence-electron chi connectivity index (χ3n) is 6.04. The molecule has 8 heteroatoms. The van der Waals surface area contributed by atoms with Gasteiger partial charge in [0, 0.05) is 30.4 Å². The van der Waals surface area contributed by atoms with Gasteiger partial charge in [-0.05, 0) is 50.3 Å². The summed E-state index contributed by atoms with van der Waals surface area (Å²) in [5.74, 6) is -2.02. The van der Waals surface area contributed by atoms with Crippen LogP contribution in [0, 0.1) is 11.6 Å². The first kappa shape index (κ1) is 21.2. The van der Waals surface area contributed by atoms with Crippen molar-refractivity contribution in [1.82, 2.24) is 19.1 Å². The third-order valence-corrected chi connectivity index (χ3v) is 6.04. The zero-order valence-electron chi connectivity index (χ0n) is 18.0. The molecule has 3 aromatic rings. The van der Waals surface area contributed by atoms with Crippen LogP contribution >= 0.6 is 0 Å². The fourth-order valence-electron chi connectivity index (χ4n) is 4.58. The molecule has 0 aliphatic heterocycles. The van der Waals surface area contributed by atoms with Crippen molar-refractivity contribution in [2.24, 2.45) is 7.05 Å². The Hall–Kier alpha value is -3.03. The van der Waals surface area contributed by atoms with Crippen molar-refractivity contribution in [3.8, 4) is 0 Å². The molecule has 1 amide bonds. The molecule has 0 atom stereocenters. The average Bonchev–Trinajstić information content (AvgIpc) is 3.38. The minimum Gasteiger partial charge on any atom is -0.333 e. The van der Waals surface area contributed by atoms with Gasteiger partial charge in [0.2, 0.25) is 0 Å². The summed E-state index contributed by atoms with van der Waals surface area (Å²) in [4.78, 5) is 27.5. The van der Waals surface area contributed by atoms with Crippen LogP contribution in [0.5, 0.6) is 0 Å². The first-order valence-corrected chi connectivity index (χ1v) is 10.7. The minimum absolute atomic E-state index is 0.105. The Bertz CT molecular complexity index is 1230. The summed E-state index contributed by atoms with van der Waals surface area (Å²) in [5, 5.41) is 4.58. The van der Waals surface area contributed by atoms with Crippen molar-refractivity contribution < 1.29 is 13.6 Å². The number of rotatable bonds is 6. The van der Waals surface area contributed by atoms with E-state index >= 15 is 0 Å². The van der Waals surface area contributed by atoms with Crippen LogP contribution in [0.4, 0.5) is 8.78 Å². The van der Waals surface area contributed by atoms with Gasteiger partial charge in [-0.2, -0.15) is 9.61 Å². The van der Waals surface area contributed by atoms with Gasteiger partial charge in [0.15, 0.2) is 0 Å². The van der Waals surface area contributed by atoms with Crippen LogP contribution in [-0.2, 0) is 32.9 Å². The van der Waals surface area contributed by atoms with Crippen LogP contribution in [0.25, 0.3) is 5.65 Å². The van der Waals surface area contributed by atoms with Crippen molar-refractivity contribution in [1.29, 1.82) is 0 Å². The van der Waals surface area contributed by atoms with Gasteiger partial charge in [0.05, 0.1) is 17.8 Å². The van der Waals surface area contributed by atoms with E-state index in [2.05, 4.69) is 5.10 Å². The van der Waals surface area contributed by atoms with Gasteiger partial charge in [-0.3, -0.25) is 9.59 Å². The lowest BCUT2D eigenvalue weighted by atomic mass is 10.1. The molecule has 0 bridgehead atoms. The van der Waals surface area contributed by atoms with Crippen LogP contribution in [0.2, 0.25) is 0 Å². The lowest BCUT2D eigenvalue weighted by Crippen LogP contribution is -2.32. The standard InChI is InChI=1S/C23H26F2N4O2/c1-4-11-28(22(30)17-12-14(24)9-10-18(17)25)13-19-15(5-2)21-27(3)20-8-6-7-16(20)23(31)29(21)26-19/h9-10,12H,4-8,11,13H2,1-3H3. The van der Waals surface area contributed by atoms with E-state index in [-0.39, 0.29) is 17.7 Å². The predicted octanol–water partition coefficient (Wildman–Crippen LogP) is 3.41. The SMILES string of the molecule is CCCN(Cc1nn2c(=O)c3c(n(C)c2c1CC)CCC3)C(=O)c1cc(F)ccc1F. The third kappa shape index (κ3) is 3.54. The molecule has 0 fully saturated rings. The number of nitrogens with zero attached hydrogens (tertiary/aromatic N) is 4. The summed E-state index contributed by atoms with van der Waals surface area (Å²) in [6, 6.07) is 2.87.